The van der Waals surface area contributed by atoms with Gasteiger partial charge in [0, 0.05) is 6.61 Å². The largest absolute Gasteiger partial charge is 0.393 e. The van der Waals surface area contributed by atoms with Crippen LogP contribution in [0.1, 0.15) is 46.5 Å². The molecule has 1 saturated carbocycles. The fraction of sp³-hybridized carbons (Fsp3) is 1.00. The summed E-state index contributed by atoms with van der Waals surface area (Å²) in [6.07, 6.45) is 4.47. The Kier molecular flexibility index (Phi) is 4.39. The van der Waals surface area contributed by atoms with E-state index < -0.39 is 0 Å². The van der Waals surface area contributed by atoms with Gasteiger partial charge >= 0.3 is 0 Å². The Balaban J connectivity index is 2.46. The molecule has 2 heteroatoms. The van der Waals surface area contributed by atoms with E-state index in [0.29, 0.717) is 6.61 Å². The molecule has 0 radical (unpaired) electrons. The zero-order valence-electron chi connectivity index (χ0n) is 9.75. The Morgan fingerprint density at radius 2 is 1.93 bits per heavy atom. The first-order chi connectivity index (χ1) is 6.63. The minimum atomic E-state index is -0.208. The number of hydrogen-bond donors (Lipinski definition) is 1. The van der Waals surface area contributed by atoms with Crippen molar-refractivity contribution in [2.24, 2.45) is 11.8 Å². The van der Waals surface area contributed by atoms with Gasteiger partial charge in [0.05, 0.1) is 12.2 Å². The van der Waals surface area contributed by atoms with E-state index in [1.807, 2.05) is 6.92 Å². The van der Waals surface area contributed by atoms with Crippen LogP contribution in [0, 0.1) is 11.8 Å². The maximum atomic E-state index is 9.37. The van der Waals surface area contributed by atoms with E-state index in [9.17, 15) is 5.11 Å². The molecule has 0 spiro atoms. The zero-order valence-corrected chi connectivity index (χ0v) is 9.75. The highest BCUT2D eigenvalue weighted by Gasteiger charge is 2.35. The predicted octanol–water partition coefficient (Wildman–Crippen LogP) is 2.60. The van der Waals surface area contributed by atoms with Crippen molar-refractivity contribution in [2.75, 3.05) is 13.2 Å². The van der Waals surface area contributed by atoms with Crippen LogP contribution < -0.4 is 0 Å². The summed E-state index contributed by atoms with van der Waals surface area (Å²) >= 11 is 0. The quantitative estimate of drug-likeness (QED) is 0.756. The third kappa shape index (κ3) is 2.71. The Morgan fingerprint density at radius 1 is 1.36 bits per heavy atom. The normalized spacial score (nSPS) is 33.6. The standard InChI is InChI=1S/C12H24O2/c1-4-14-12(9-13)7-5-11(6-8-12)10(2)3/h10-11,13H,4-9H2,1-3H3. The molecule has 0 aromatic heterocycles. The Labute approximate surface area is 87.7 Å². The lowest BCUT2D eigenvalue weighted by Crippen LogP contribution is -2.41. The molecule has 14 heavy (non-hydrogen) atoms. The van der Waals surface area contributed by atoms with E-state index in [1.165, 1.54) is 12.8 Å². The van der Waals surface area contributed by atoms with Gasteiger partial charge in [-0.3, -0.25) is 0 Å². The summed E-state index contributed by atoms with van der Waals surface area (Å²) in [6.45, 7) is 7.49. The summed E-state index contributed by atoms with van der Waals surface area (Å²) in [4.78, 5) is 0. The van der Waals surface area contributed by atoms with Crippen LogP contribution in [0.15, 0.2) is 0 Å². The number of aliphatic hydroxyl groups is 1. The van der Waals surface area contributed by atoms with Gasteiger partial charge in [0.2, 0.25) is 0 Å². The molecule has 1 fully saturated rings. The lowest BCUT2D eigenvalue weighted by atomic mass is 9.75. The number of hydrogen-bond acceptors (Lipinski definition) is 2. The molecule has 0 aliphatic heterocycles. The lowest BCUT2D eigenvalue weighted by molar-refractivity contribution is -0.106. The van der Waals surface area contributed by atoms with Gasteiger partial charge < -0.3 is 9.84 Å². The van der Waals surface area contributed by atoms with E-state index in [1.54, 1.807) is 0 Å². The van der Waals surface area contributed by atoms with Crippen molar-refractivity contribution in [1.82, 2.24) is 0 Å². The molecule has 0 heterocycles. The fourth-order valence-electron chi connectivity index (χ4n) is 2.49. The molecule has 1 aliphatic carbocycles. The minimum Gasteiger partial charge on any atom is -0.393 e. The predicted molar refractivity (Wildman–Crippen MR) is 58.2 cm³/mol. The molecule has 0 amide bonds. The average molecular weight is 200 g/mol. The molecule has 1 aliphatic rings. The van der Waals surface area contributed by atoms with Crippen LogP contribution in [0.2, 0.25) is 0 Å². The van der Waals surface area contributed by atoms with Crippen molar-refractivity contribution in [3.63, 3.8) is 0 Å². The van der Waals surface area contributed by atoms with Crippen molar-refractivity contribution in [1.29, 1.82) is 0 Å². The highest BCUT2D eigenvalue weighted by Crippen LogP contribution is 2.37. The molecule has 1 N–H and O–H groups in total. The van der Waals surface area contributed by atoms with E-state index in [0.717, 1.165) is 24.7 Å². The number of ether oxygens (including phenoxy) is 1. The molecule has 0 bridgehead atoms. The maximum Gasteiger partial charge on any atom is 0.0912 e. The molecular formula is C12H24O2. The monoisotopic (exact) mass is 200 g/mol. The molecular weight excluding hydrogens is 176 g/mol. The van der Waals surface area contributed by atoms with Crippen LogP contribution in [-0.4, -0.2) is 23.9 Å². The SMILES string of the molecule is CCOC1(CO)CCC(C(C)C)CC1. The van der Waals surface area contributed by atoms with E-state index >= 15 is 0 Å². The summed E-state index contributed by atoms with van der Waals surface area (Å²) in [7, 11) is 0. The molecule has 84 valence electrons. The smallest absolute Gasteiger partial charge is 0.0912 e. The van der Waals surface area contributed by atoms with Crippen LogP contribution in [0.4, 0.5) is 0 Å². The van der Waals surface area contributed by atoms with Gasteiger partial charge in [0.1, 0.15) is 0 Å². The van der Waals surface area contributed by atoms with Crippen molar-refractivity contribution >= 4 is 0 Å². The number of aliphatic hydroxyl groups excluding tert-OH is 1. The fourth-order valence-corrected chi connectivity index (χ4v) is 2.49. The Morgan fingerprint density at radius 3 is 2.29 bits per heavy atom. The van der Waals surface area contributed by atoms with Crippen molar-refractivity contribution < 1.29 is 9.84 Å². The summed E-state index contributed by atoms with van der Waals surface area (Å²) in [5, 5.41) is 9.37. The summed E-state index contributed by atoms with van der Waals surface area (Å²) in [5.41, 5.74) is -0.208. The summed E-state index contributed by atoms with van der Waals surface area (Å²) in [6, 6.07) is 0. The van der Waals surface area contributed by atoms with E-state index in [-0.39, 0.29) is 12.2 Å². The molecule has 2 nitrogen and oxygen atoms in total. The highest BCUT2D eigenvalue weighted by molar-refractivity contribution is 4.87. The van der Waals surface area contributed by atoms with Crippen molar-refractivity contribution in [3.05, 3.63) is 0 Å². The molecule has 0 aromatic carbocycles. The second-order valence-corrected chi connectivity index (χ2v) is 4.86. The van der Waals surface area contributed by atoms with Crippen LogP contribution in [0.5, 0.6) is 0 Å². The molecule has 0 atom stereocenters. The van der Waals surface area contributed by atoms with Crippen molar-refractivity contribution in [3.8, 4) is 0 Å². The highest BCUT2D eigenvalue weighted by atomic mass is 16.5. The third-order valence-electron chi connectivity index (χ3n) is 3.62. The van der Waals surface area contributed by atoms with Gasteiger partial charge in [0.15, 0.2) is 0 Å². The van der Waals surface area contributed by atoms with Gasteiger partial charge in [-0.25, -0.2) is 0 Å². The van der Waals surface area contributed by atoms with Gasteiger partial charge in [-0.1, -0.05) is 13.8 Å². The topological polar surface area (TPSA) is 29.5 Å². The summed E-state index contributed by atoms with van der Waals surface area (Å²) < 4.78 is 5.70. The van der Waals surface area contributed by atoms with E-state index in [4.69, 9.17) is 4.74 Å². The maximum absolute atomic E-state index is 9.37. The van der Waals surface area contributed by atoms with Gasteiger partial charge in [-0.2, -0.15) is 0 Å². The van der Waals surface area contributed by atoms with Crippen LogP contribution >= 0.6 is 0 Å². The second-order valence-electron chi connectivity index (χ2n) is 4.86. The zero-order chi connectivity index (χ0) is 10.6. The average Bonchev–Trinajstić information content (AvgIpc) is 2.19. The summed E-state index contributed by atoms with van der Waals surface area (Å²) in [5.74, 6) is 1.60. The minimum absolute atomic E-state index is 0.186. The second kappa shape index (κ2) is 5.13. The first-order valence-electron chi connectivity index (χ1n) is 5.88. The first-order valence-corrected chi connectivity index (χ1v) is 5.88. The first kappa shape index (κ1) is 12.0. The van der Waals surface area contributed by atoms with Gasteiger partial charge in [0.25, 0.3) is 0 Å². The molecule has 1 rings (SSSR count). The van der Waals surface area contributed by atoms with Gasteiger partial charge in [-0.15, -0.1) is 0 Å². The van der Waals surface area contributed by atoms with Crippen LogP contribution in [0.25, 0.3) is 0 Å². The Bertz CT molecular complexity index is 158. The van der Waals surface area contributed by atoms with E-state index in [2.05, 4.69) is 13.8 Å². The van der Waals surface area contributed by atoms with Gasteiger partial charge in [-0.05, 0) is 44.4 Å². The third-order valence-corrected chi connectivity index (χ3v) is 3.62. The van der Waals surface area contributed by atoms with Crippen LogP contribution in [-0.2, 0) is 4.74 Å². The molecule has 0 saturated heterocycles. The molecule has 0 unspecified atom stereocenters. The number of rotatable bonds is 4. The Hall–Kier alpha value is -0.0800. The lowest BCUT2D eigenvalue weighted by Gasteiger charge is -2.39. The molecule has 0 aromatic rings. The van der Waals surface area contributed by atoms with Crippen molar-refractivity contribution in [2.45, 2.75) is 52.1 Å². The van der Waals surface area contributed by atoms with Crippen LogP contribution in [0.3, 0.4) is 0 Å².